The summed E-state index contributed by atoms with van der Waals surface area (Å²) in [5.74, 6) is -0.363. The molecule has 0 heterocycles. The van der Waals surface area contributed by atoms with Gasteiger partial charge in [0.2, 0.25) is 21.8 Å². The number of hydrogen-bond acceptors (Lipinski definition) is 5. The van der Waals surface area contributed by atoms with Gasteiger partial charge in [-0.2, -0.15) is 0 Å². The Balaban J connectivity index is 2.49. The topological polar surface area (TPSA) is 96.0 Å². The number of benzene rings is 2. The lowest BCUT2D eigenvalue weighted by molar-refractivity contribution is -0.140. The van der Waals surface area contributed by atoms with E-state index in [4.69, 9.17) is 4.74 Å². The molecule has 0 spiro atoms. The van der Waals surface area contributed by atoms with Crippen molar-refractivity contribution in [3.63, 3.8) is 0 Å². The predicted molar refractivity (Wildman–Crippen MR) is 144 cm³/mol. The van der Waals surface area contributed by atoms with Crippen LogP contribution in [0.4, 0.5) is 5.69 Å². The number of nitrogens with zero attached hydrogens (tertiary/aromatic N) is 2. The standard InChI is InChI=1S/C27H39N3O5S/c1-7-21(5)28-27(32)23(8-2)29(18-22-14-12-13-20(4)17-22)26(31)19-30(36(6,33)34)24-15-10-11-16-25(24)35-9-3/h10-17,21,23H,7-9,18-19H2,1-6H3,(H,28,32)/t21-,23-/m0/s1. The number of nitrogens with one attached hydrogen (secondary N) is 1. The van der Waals surface area contributed by atoms with Crippen molar-refractivity contribution in [3.8, 4) is 5.75 Å². The molecular weight excluding hydrogens is 478 g/mol. The molecule has 0 aromatic heterocycles. The highest BCUT2D eigenvalue weighted by atomic mass is 32.2. The van der Waals surface area contributed by atoms with Crippen LogP contribution in [-0.2, 0) is 26.2 Å². The molecule has 2 aromatic rings. The molecule has 36 heavy (non-hydrogen) atoms. The molecule has 2 aromatic carbocycles. The third-order valence-corrected chi connectivity index (χ3v) is 7.06. The van der Waals surface area contributed by atoms with E-state index < -0.39 is 28.5 Å². The highest BCUT2D eigenvalue weighted by molar-refractivity contribution is 7.92. The number of amides is 2. The van der Waals surface area contributed by atoms with E-state index in [9.17, 15) is 18.0 Å². The van der Waals surface area contributed by atoms with Crippen LogP contribution in [0.1, 0.15) is 51.7 Å². The summed E-state index contributed by atoms with van der Waals surface area (Å²) < 4.78 is 32.3. The van der Waals surface area contributed by atoms with E-state index in [1.165, 1.54) is 4.90 Å². The van der Waals surface area contributed by atoms with Crippen LogP contribution in [0.15, 0.2) is 48.5 Å². The summed E-state index contributed by atoms with van der Waals surface area (Å²) in [6.07, 6.45) is 2.19. The molecular formula is C27H39N3O5S. The van der Waals surface area contributed by atoms with Crippen LogP contribution in [0, 0.1) is 6.92 Å². The molecule has 9 heteroatoms. The Morgan fingerprint density at radius 2 is 1.72 bits per heavy atom. The van der Waals surface area contributed by atoms with Gasteiger partial charge in [0.05, 0.1) is 18.6 Å². The molecule has 0 unspecified atom stereocenters. The lowest BCUT2D eigenvalue weighted by Crippen LogP contribution is -2.53. The fourth-order valence-electron chi connectivity index (χ4n) is 3.90. The number of aryl methyl sites for hydroxylation is 1. The van der Waals surface area contributed by atoms with Gasteiger partial charge in [-0.25, -0.2) is 8.42 Å². The number of ether oxygens (including phenoxy) is 1. The third-order valence-electron chi connectivity index (χ3n) is 5.94. The number of anilines is 1. The molecule has 0 fully saturated rings. The zero-order chi connectivity index (χ0) is 26.9. The normalized spacial score (nSPS) is 12.9. The Morgan fingerprint density at radius 3 is 2.31 bits per heavy atom. The van der Waals surface area contributed by atoms with Crippen molar-refractivity contribution in [1.29, 1.82) is 0 Å². The molecule has 0 radical (unpaired) electrons. The first-order chi connectivity index (χ1) is 17.0. The van der Waals surface area contributed by atoms with Gasteiger partial charge in [0.25, 0.3) is 0 Å². The second-order valence-electron chi connectivity index (χ2n) is 8.92. The molecule has 0 aliphatic heterocycles. The highest BCUT2D eigenvalue weighted by Crippen LogP contribution is 2.30. The number of rotatable bonds is 13. The minimum absolute atomic E-state index is 0.0481. The molecule has 2 rings (SSSR count). The van der Waals surface area contributed by atoms with Gasteiger partial charge in [-0.3, -0.25) is 13.9 Å². The van der Waals surface area contributed by atoms with E-state index in [1.807, 2.05) is 52.0 Å². The van der Waals surface area contributed by atoms with Crippen molar-refractivity contribution < 1.29 is 22.7 Å². The van der Waals surface area contributed by atoms with E-state index in [1.54, 1.807) is 31.2 Å². The van der Waals surface area contributed by atoms with Crippen molar-refractivity contribution in [2.24, 2.45) is 0 Å². The molecule has 0 bridgehead atoms. The first kappa shape index (κ1) is 29.2. The quantitative estimate of drug-likeness (QED) is 0.435. The monoisotopic (exact) mass is 517 g/mol. The molecule has 1 N–H and O–H groups in total. The van der Waals surface area contributed by atoms with Crippen molar-refractivity contribution >= 4 is 27.5 Å². The number of carbonyl (C=O) groups excluding carboxylic acids is 2. The van der Waals surface area contributed by atoms with Crippen molar-refractivity contribution in [2.75, 3.05) is 23.7 Å². The summed E-state index contributed by atoms with van der Waals surface area (Å²) in [5.41, 5.74) is 2.17. The number of hydrogen-bond donors (Lipinski definition) is 1. The maximum atomic E-state index is 13.8. The molecule has 0 aliphatic rings. The van der Waals surface area contributed by atoms with E-state index >= 15 is 0 Å². The molecule has 0 aliphatic carbocycles. The summed E-state index contributed by atoms with van der Waals surface area (Å²) in [5, 5.41) is 2.97. The fraction of sp³-hybridized carbons (Fsp3) is 0.481. The van der Waals surface area contributed by atoms with Crippen LogP contribution >= 0.6 is 0 Å². The summed E-state index contributed by atoms with van der Waals surface area (Å²) in [4.78, 5) is 28.5. The number of carbonyl (C=O) groups is 2. The maximum absolute atomic E-state index is 13.8. The van der Waals surface area contributed by atoms with Gasteiger partial charge in [-0.05, 0) is 51.3 Å². The second kappa shape index (κ2) is 13.3. The summed E-state index contributed by atoms with van der Waals surface area (Å²) in [7, 11) is -3.84. The summed E-state index contributed by atoms with van der Waals surface area (Å²) in [6, 6.07) is 13.6. The van der Waals surface area contributed by atoms with Gasteiger partial charge in [-0.1, -0.05) is 55.8 Å². The summed E-state index contributed by atoms with van der Waals surface area (Å²) >= 11 is 0. The minimum atomic E-state index is -3.84. The van der Waals surface area contributed by atoms with Gasteiger partial charge in [-0.15, -0.1) is 0 Å². The van der Waals surface area contributed by atoms with Crippen molar-refractivity contribution in [3.05, 3.63) is 59.7 Å². The largest absolute Gasteiger partial charge is 0.492 e. The van der Waals surface area contributed by atoms with E-state index in [2.05, 4.69) is 5.32 Å². The Hall–Kier alpha value is -3.07. The molecule has 2 atom stereocenters. The van der Waals surface area contributed by atoms with Gasteiger partial charge in [0.15, 0.2) is 0 Å². The van der Waals surface area contributed by atoms with E-state index in [0.29, 0.717) is 18.8 Å². The number of para-hydroxylation sites is 2. The van der Waals surface area contributed by atoms with Crippen molar-refractivity contribution in [2.45, 2.75) is 66.1 Å². The maximum Gasteiger partial charge on any atom is 0.244 e. The Bertz CT molecular complexity index is 1140. The minimum Gasteiger partial charge on any atom is -0.492 e. The second-order valence-corrected chi connectivity index (χ2v) is 10.8. The third kappa shape index (κ3) is 7.98. The molecule has 0 saturated heterocycles. The summed E-state index contributed by atoms with van der Waals surface area (Å²) in [6.45, 7) is 9.55. The Morgan fingerprint density at radius 1 is 1.03 bits per heavy atom. The molecule has 8 nitrogen and oxygen atoms in total. The molecule has 0 saturated carbocycles. The van der Waals surface area contributed by atoms with Crippen LogP contribution in [0.25, 0.3) is 0 Å². The lowest BCUT2D eigenvalue weighted by Gasteiger charge is -2.33. The zero-order valence-electron chi connectivity index (χ0n) is 22.2. The molecule has 198 valence electrons. The van der Waals surface area contributed by atoms with Gasteiger partial charge < -0.3 is 15.0 Å². The highest BCUT2D eigenvalue weighted by Gasteiger charge is 2.32. The first-order valence-corrected chi connectivity index (χ1v) is 14.2. The SMILES string of the molecule is CCOc1ccccc1N(CC(=O)N(Cc1cccc(C)c1)[C@@H](CC)C(=O)N[C@@H](C)CC)S(C)(=O)=O. The fourth-order valence-corrected chi connectivity index (χ4v) is 4.76. The van der Waals surface area contributed by atoms with E-state index in [-0.39, 0.29) is 24.2 Å². The van der Waals surface area contributed by atoms with Gasteiger partial charge in [0.1, 0.15) is 18.3 Å². The molecule has 2 amide bonds. The average molecular weight is 518 g/mol. The Kier molecular flexibility index (Phi) is 10.8. The van der Waals surface area contributed by atoms with Gasteiger partial charge >= 0.3 is 0 Å². The number of sulfonamides is 1. The van der Waals surface area contributed by atoms with Crippen LogP contribution in [0.3, 0.4) is 0 Å². The lowest BCUT2D eigenvalue weighted by atomic mass is 10.1. The van der Waals surface area contributed by atoms with Crippen molar-refractivity contribution in [1.82, 2.24) is 10.2 Å². The predicted octanol–water partition coefficient (Wildman–Crippen LogP) is 3.88. The van der Waals surface area contributed by atoms with E-state index in [0.717, 1.165) is 28.1 Å². The Labute approximate surface area is 215 Å². The first-order valence-electron chi connectivity index (χ1n) is 12.4. The van der Waals surface area contributed by atoms with Crippen LogP contribution < -0.4 is 14.4 Å². The van der Waals surface area contributed by atoms with Crippen LogP contribution in [-0.4, -0.2) is 56.6 Å². The smallest absolute Gasteiger partial charge is 0.244 e. The van der Waals surface area contributed by atoms with Crippen LogP contribution in [0.2, 0.25) is 0 Å². The van der Waals surface area contributed by atoms with Crippen LogP contribution in [0.5, 0.6) is 5.75 Å². The average Bonchev–Trinajstić information content (AvgIpc) is 2.82. The zero-order valence-corrected chi connectivity index (χ0v) is 23.0. The van der Waals surface area contributed by atoms with Gasteiger partial charge in [0, 0.05) is 12.6 Å².